The number of halogens is 1. The van der Waals surface area contributed by atoms with Crippen LogP contribution in [-0.4, -0.2) is 30.6 Å². The van der Waals surface area contributed by atoms with Crippen molar-refractivity contribution in [2.45, 2.75) is 31.8 Å². The van der Waals surface area contributed by atoms with E-state index in [1.54, 1.807) is 6.20 Å². The summed E-state index contributed by atoms with van der Waals surface area (Å²) in [5.41, 5.74) is 0.728. The van der Waals surface area contributed by atoms with E-state index >= 15 is 0 Å². The number of pyridine rings is 1. The number of carbonyl (C=O) groups excluding carboxylic acids is 1. The Balaban J connectivity index is 0.00000180. The molecular formula is C13H20ClN3O2. The molecule has 0 spiro atoms. The Morgan fingerprint density at radius 3 is 2.95 bits per heavy atom. The molecule has 6 heteroatoms. The van der Waals surface area contributed by atoms with Gasteiger partial charge in [-0.1, -0.05) is 0 Å². The molecule has 2 N–H and O–H groups in total. The van der Waals surface area contributed by atoms with Gasteiger partial charge in [0.1, 0.15) is 5.82 Å². The van der Waals surface area contributed by atoms with Crippen molar-refractivity contribution < 1.29 is 9.53 Å². The summed E-state index contributed by atoms with van der Waals surface area (Å²) in [6, 6.07) is 3.67. The van der Waals surface area contributed by atoms with Crippen LogP contribution >= 0.6 is 12.4 Å². The second-order valence-corrected chi connectivity index (χ2v) is 4.40. The van der Waals surface area contributed by atoms with E-state index in [4.69, 9.17) is 4.74 Å². The highest BCUT2D eigenvalue weighted by atomic mass is 35.5. The number of hydrogen-bond acceptors (Lipinski definition) is 4. The van der Waals surface area contributed by atoms with E-state index in [0.717, 1.165) is 37.4 Å². The minimum atomic E-state index is 0. The number of aromatic nitrogens is 1. The number of anilines is 2. The van der Waals surface area contributed by atoms with Crippen molar-refractivity contribution in [2.75, 3.05) is 24.3 Å². The van der Waals surface area contributed by atoms with Crippen LogP contribution in [0.1, 0.15) is 25.7 Å². The molecule has 1 fully saturated rings. The van der Waals surface area contributed by atoms with Gasteiger partial charge in [-0.25, -0.2) is 4.98 Å². The molecule has 1 aliphatic rings. The summed E-state index contributed by atoms with van der Waals surface area (Å²) in [4.78, 5) is 15.9. The SMILES string of the molecule is CNc1ccc(NC(=O)CCC2CCCO2)cn1.Cl. The smallest absolute Gasteiger partial charge is 0.224 e. The Morgan fingerprint density at radius 2 is 2.37 bits per heavy atom. The normalized spacial score (nSPS) is 17.6. The van der Waals surface area contributed by atoms with Crippen LogP contribution in [0, 0.1) is 0 Å². The maximum Gasteiger partial charge on any atom is 0.224 e. The van der Waals surface area contributed by atoms with E-state index in [0.29, 0.717) is 6.42 Å². The molecule has 1 aromatic heterocycles. The van der Waals surface area contributed by atoms with Gasteiger partial charge in [0.25, 0.3) is 0 Å². The van der Waals surface area contributed by atoms with Crippen LogP contribution in [-0.2, 0) is 9.53 Å². The van der Waals surface area contributed by atoms with Crippen molar-refractivity contribution in [1.29, 1.82) is 0 Å². The van der Waals surface area contributed by atoms with Gasteiger partial charge in [-0.3, -0.25) is 4.79 Å². The number of nitrogens with one attached hydrogen (secondary N) is 2. The van der Waals surface area contributed by atoms with Crippen LogP contribution in [0.25, 0.3) is 0 Å². The number of rotatable bonds is 5. The number of nitrogens with zero attached hydrogens (tertiary/aromatic N) is 1. The van der Waals surface area contributed by atoms with E-state index in [9.17, 15) is 4.79 Å². The fourth-order valence-electron chi connectivity index (χ4n) is 2.00. The summed E-state index contributed by atoms with van der Waals surface area (Å²) in [6.07, 6.45) is 5.40. The zero-order valence-corrected chi connectivity index (χ0v) is 11.8. The van der Waals surface area contributed by atoms with Gasteiger partial charge in [-0.15, -0.1) is 12.4 Å². The Bertz CT molecular complexity index is 391. The fraction of sp³-hybridized carbons (Fsp3) is 0.538. The van der Waals surface area contributed by atoms with Gasteiger partial charge in [0.2, 0.25) is 5.91 Å². The molecule has 0 aliphatic carbocycles. The fourth-order valence-corrected chi connectivity index (χ4v) is 2.00. The Hall–Kier alpha value is -1.33. The van der Waals surface area contributed by atoms with E-state index < -0.39 is 0 Å². The number of amides is 1. The average Bonchev–Trinajstić information content (AvgIpc) is 2.90. The molecule has 0 saturated carbocycles. The average molecular weight is 286 g/mol. The maximum absolute atomic E-state index is 11.7. The van der Waals surface area contributed by atoms with Crippen molar-refractivity contribution in [3.05, 3.63) is 18.3 Å². The first kappa shape index (κ1) is 15.7. The maximum atomic E-state index is 11.7. The second kappa shape index (κ2) is 7.96. The summed E-state index contributed by atoms with van der Waals surface area (Å²) in [7, 11) is 1.81. The number of ether oxygens (including phenoxy) is 1. The summed E-state index contributed by atoms with van der Waals surface area (Å²) in [5.74, 6) is 0.803. The van der Waals surface area contributed by atoms with Crippen molar-refractivity contribution in [3.63, 3.8) is 0 Å². The molecule has 2 heterocycles. The minimum Gasteiger partial charge on any atom is -0.378 e. The zero-order valence-electron chi connectivity index (χ0n) is 11.0. The van der Waals surface area contributed by atoms with Crippen molar-refractivity contribution in [2.24, 2.45) is 0 Å². The lowest BCUT2D eigenvalue weighted by atomic mass is 10.1. The number of carbonyl (C=O) groups is 1. The summed E-state index contributed by atoms with van der Waals surface area (Å²) < 4.78 is 5.48. The Morgan fingerprint density at radius 1 is 1.53 bits per heavy atom. The lowest BCUT2D eigenvalue weighted by Gasteiger charge is -2.09. The van der Waals surface area contributed by atoms with Crippen LogP contribution in [0.4, 0.5) is 11.5 Å². The third-order valence-electron chi connectivity index (χ3n) is 3.02. The van der Waals surface area contributed by atoms with Crippen LogP contribution in [0.5, 0.6) is 0 Å². The molecule has 0 aromatic carbocycles. The summed E-state index contributed by atoms with van der Waals surface area (Å²) in [6.45, 7) is 0.835. The molecule has 1 unspecified atom stereocenters. The molecule has 1 aliphatic heterocycles. The Kier molecular flexibility index (Phi) is 6.59. The largest absolute Gasteiger partial charge is 0.378 e. The third kappa shape index (κ3) is 5.04. The van der Waals surface area contributed by atoms with Gasteiger partial charge in [-0.2, -0.15) is 0 Å². The molecule has 19 heavy (non-hydrogen) atoms. The van der Waals surface area contributed by atoms with E-state index in [-0.39, 0.29) is 24.4 Å². The molecule has 0 radical (unpaired) electrons. The van der Waals surface area contributed by atoms with E-state index in [2.05, 4.69) is 15.6 Å². The highest BCUT2D eigenvalue weighted by Gasteiger charge is 2.16. The molecule has 5 nitrogen and oxygen atoms in total. The molecular weight excluding hydrogens is 266 g/mol. The first-order chi connectivity index (χ1) is 8.78. The van der Waals surface area contributed by atoms with Crippen LogP contribution in [0.3, 0.4) is 0 Å². The third-order valence-corrected chi connectivity index (χ3v) is 3.02. The van der Waals surface area contributed by atoms with Crippen LogP contribution < -0.4 is 10.6 Å². The van der Waals surface area contributed by atoms with Gasteiger partial charge in [0, 0.05) is 20.1 Å². The van der Waals surface area contributed by atoms with Crippen molar-refractivity contribution in [3.8, 4) is 0 Å². The highest BCUT2D eigenvalue weighted by molar-refractivity contribution is 5.90. The molecule has 1 amide bonds. The topological polar surface area (TPSA) is 63.2 Å². The predicted octanol–water partition coefficient (Wildman–Crippen LogP) is 2.44. The lowest BCUT2D eigenvalue weighted by molar-refractivity contribution is -0.116. The molecule has 2 rings (SSSR count). The standard InChI is InChI=1S/C13H19N3O2.ClH/c1-14-12-6-4-10(9-15-12)16-13(17)7-5-11-3-2-8-18-11;/h4,6,9,11H,2-3,5,7-8H2,1H3,(H,14,15)(H,16,17);1H. The van der Waals surface area contributed by atoms with Crippen LogP contribution in [0.2, 0.25) is 0 Å². The van der Waals surface area contributed by atoms with E-state index in [1.807, 2.05) is 19.2 Å². The quantitative estimate of drug-likeness (QED) is 0.872. The van der Waals surface area contributed by atoms with Gasteiger partial charge in [0.05, 0.1) is 18.0 Å². The Labute approximate surface area is 119 Å². The van der Waals surface area contributed by atoms with Crippen LogP contribution in [0.15, 0.2) is 18.3 Å². The molecule has 0 bridgehead atoms. The number of hydrogen-bond donors (Lipinski definition) is 2. The van der Waals surface area contributed by atoms with Crippen molar-refractivity contribution in [1.82, 2.24) is 4.98 Å². The molecule has 1 saturated heterocycles. The molecule has 1 aromatic rings. The first-order valence-corrected chi connectivity index (χ1v) is 6.33. The second-order valence-electron chi connectivity index (χ2n) is 4.40. The monoisotopic (exact) mass is 285 g/mol. The van der Waals surface area contributed by atoms with E-state index in [1.165, 1.54) is 0 Å². The van der Waals surface area contributed by atoms with Gasteiger partial charge in [-0.05, 0) is 31.4 Å². The zero-order chi connectivity index (χ0) is 12.8. The minimum absolute atomic E-state index is 0. The van der Waals surface area contributed by atoms with Gasteiger partial charge >= 0.3 is 0 Å². The molecule has 1 atom stereocenters. The predicted molar refractivity (Wildman–Crippen MR) is 77.9 cm³/mol. The summed E-state index contributed by atoms with van der Waals surface area (Å²) in [5, 5.41) is 5.76. The molecule has 106 valence electrons. The lowest BCUT2D eigenvalue weighted by Crippen LogP contribution is -2.15. The highest BCUT2D eigenvalue weighted by Crippen LogP contribution is 2.17. The van der Waals surface area contributed by atoms with Crippen molar-refractivity contribution >= 4 is 29.8 Å². The van der Waals surface area contributed by atoms with Gasteiger partial charge in [0.15, 0.2) is 0 Å². The summed E-state index contributed by atoms with van der Waals surface area (Å²) >= 11 is 0. The first-order valence-electron chi connectivity index (χ1n) is 6.33. The van der Waals surface area contributed by atoms with Gasteiger partial charge < -0.3 is 15.4 Å².